The maximum atomic E-state index is 13.2. The highest BCUT2D eigenvalue weighted by Gasteiger charge is 2.34. The van der Waals surface area contributed by atoms with E-state index in [1.54, 1.807) is 30.3 Å². The monoisotopic (exact) mass is 497 g/mol. The molecule has 1 fully saturated rings. The highest BCUT2D eigenvalue weighted by molar-refractivity contribution is 7.80. The van der Waals surface area contributed by atoms with Crippen LogP contribution in [0.2, 0.25) is 0 Å². The van der Waals surface area contributed by atoms with Crippen molar-refractivity contribution in [2.24, 2.45) is 0 Å². The van der Waals surface area contributed by atoms with Crippen LogP contribution < -0.4 is 19.9 Å². The number of carbonyl (C=O) groups is 2. The van der Waals surface area contributed by atoms with Gasteiger partial charge in [0.1, 0.15) is 17.1 Å². The molecular formula is C29H27N3O3S. The SMILES string of the molecule is CCN(CC)c1ccc(/C=C\C=C2/C(=O)NC(=S)N(c3ccc(Oc4ccccc4)cc3)C2=O)cc1. The molecule has 7 heteroatoms. The number of nitrogens with zero attached hydrogens (tertiary/aromatic N) is 2. The fraction of sp³-hybridized carbons (Fsp3) is 0.138. The van der Waals surface area contributed by atoms with Crippen molar-refractivity contribution in [2.45, 2.75) is 13.8 Å². The molecule has 0 saturated carbocycles. The summed E-state index contributed by atoms with van der Waals surface area (Å²) in [6.45, 7) is 6.13. The first kappa shape index (κ1) is 24.9. The molecule has 1 saturated heterocycles. The van der Waals surface area contributed by atoms with E-state index in [1.165, 1.54) is 11.0 Å². The Kier molecular flexibility index (Phi) is 7.92. The summed E-state index contributed by atoms with van der Waals surface area (Å²) in [7, 11) is 0. The number of nitrogens with one attached hydrogen (secondary N) is 1. The van der Waals surface area contributed by atoms with E-state index < -0.39 is 11.8 Å². The number of para-hydroxylation sites is 1. The van der Waals surface area contributed by atoms with E-state index in [2.05, 4.69) is 36.2 Å². The molecule has 0 spiro atoms. The minimum Gasteiger partial charge on any atom is -0.457 e. The van der Waals surface area contributed by atoms with E-state index >= 15 is 0 Å². The highest BCUT2D eigenvalue weighted by atomic mass is 32.1. The first-order valence-corrected chi connectivity index (χ1v) is 12.2. The average Bonchev–Trinajstić information content (AvgIpc) is 2.89. The summed E-state index contributed by atoms with van der Waals surface area (Å²) in [5.74, 6) is 0.325. The smallest absolute Gasteiger partial charge is 0.270 e. The fourth-order valence-corrected chi connectivity index (χ4v) is 4.12. The molecule has 3 aromatic carbocycles. The number of benzene rings is 3. The number of hydrogen-bond donors (Lipinski definition) is 1. The molecule has 0 atom stereocenters. The second-order valence-corrected chi connectivity index (χ2v) is 8.40. The number of hydrogen-bond acceptors (Lipinski definition) is 5. The summed E-state index contributed by atoms with van der Waals surface area (Å²) in [5.41, 5.74) is 2.66. The van der Waals surface area contributed by atoms with Crippen LogP contribution in [0.5, 0.6) is 11.5 Å². The molecule has 2 amide bonds. The Hall–Kier alpha value is -4.23. The van der Waals surface area contributed by atoms with Gasteiger partial charge in [-0.15, -0.1) is 0 Å². The Bertz CT molecular complexity index is 1300. The zero-order valence-electron chi connectivity index (χ0n) is 20.2. The molecule has 0 aromatic heterocycles. The van der Waals surface area contributed by atoms with Gasteiger partial charge in [0.2, 0.25) is 0 Å². The van der Waals surface area contributed by atoms with Crippen molar-refractivity contribution in [3.8, 4) is 11.5 Å². The molecule has 0 unspecified atom stereocenters. The van der Waals surface area contributed by atoms with Crippen molar-refractivity contribution in [3.63, 3.8) is 0 Å². The molecule has 0 bridgehead atoms. The van der Waals surface area contributed by atoms with E-state index in [4.69, 9.17) is 17.0 Å². The van der Waals surface area contributed by atoms with Gasteiger partial charge in [0.05, 0.1) is 5.69 Å². The summed E-state index contributed by atoms with van der Waals surface area (Å²) < 4.78 is 5.81. The lowest BCUT2D eigenvalue weighted by atomic mass is 10.1. The number of ether oxygens (including phenoxy) is 1. The van der Waals surface area contributed by atoms with Crippen molar-refractivity contribution in [2.75, 3.05) is 22.9 Å². The molecule has 1 aliphatic rings. The summed E-state index contributed by atoms with van der Waals surface area (Å²) in [6.07, 6.45) is 5.06. The number of anilines is 2. The maximum absolute atomic E-state index is 13.2. The standard InChI is InChI=1S/C29H27N3O3S/c1-3-31(4-2)22-15-13-21(14-16-22)9-8-12-26-27(33)30-29(36)32(28(26)34)23-17-19-25(20-18-23)35-24-10-6-5-7-11-24/h5-20H,3-4H2,1-2H3,(H,30,33,36)/b9-8-,26-12+. The highest BCUT2D eigenvalue weighted by Crippen LogP contribution is 2.26. The van der Waals surface area contributed by atoms with Crippen molar-refractivity contribution in [1.29, 1.82) is 0 Å². The maximum Gasteiger partial charge on any atom is 0.270 e. The molecule has 1 aliphatic heterocycles. The van der Waals surface area contributed by atoms with Crippen LogP contribution in [0.1, 0.15) is 19.4 Å². The summed E-state index contributed by atoms with van der Waals surface area (Å²) in [4.78, 5) is 29.3. The van der Waals surface area contributed by atoms with Crippen LogP contribution in [0.4, 0.5) is 11.4 Å². The molecule has 4 rings (SSSR count). The van der Waals surface area contributed by atoms with Gasteiger partial charge in [0, 0.05) is 18.8 Å². The third-order valence-electron chi connectivity index (χ3n) is 5.75. The van der Waals surface area contributed by atoms with Crippen LogP contribution in [0, 0.1) is 0 Å². The van der Waals surface area contributed by atoms with Gasteiger partial charge in [-0.3, -0.25) is 19.8 Å². The van der Waals surface area contributed by atoms with Crippen molar-refractivity contribution < 1.29 is 14.3 Å². The summed E-state index contributed by atoms with van der Waals surface area (Å²) in [5, 5.41) is 2.64. The largest absolute Gasteiger partial charge is 0.457 e. The van der Waals surface area contributed by atoms with E-state index in [0.717, 1.165) is 24.3 Å². The van der Waals surface area contributed by atoms with Gasteiger partial charge in [-0.1, -0.05) is 42.5 Å². The van der Waals surface area contributed by atoms with Gasteiger partial charge in [-0.05, 0) is 86.2 Å². The Morgan fingerprint density at radius 3 is 2.17 bits per heavy atom. The van der Waals surface area contributed by atoms with Gasteiger partial charge in [0.25, 0.3) is 11.8 Å². The zero-order chi connectivity index (χ0) is 25.5. The van der Waals surface area contributed by atoms with Gasteiger partial charge in [-0.2, -0.15) is 0 Å². The summed E-state index contributed by atoms with van der Waals surface area (Å²) >= 11 is 5.29. The second kappa shape index (κ2) is 11.5. The number of allylic oxidation sites excluding steroid dienone is 2. The molecule has 3 aromatic rings. The van der Waals surface area contributed by atoms with Crippen molar-refractivity contribution >= 4 is 46.6 Å². The predicted octanol–water partition coefficient (Wildman–Crippen LogP) is 5.71. The average molecular weight is 498 g/mol. The van der Waals surface area contributed by atoms with Crippen molar-refractivity contribution in [1.82, 2.24) is 5.32 Å². The van der Waals surface area contributed by atoms with Crippen LogP contribution in [-0.2, 0) is 9.59 Å². The zero-order valence-corrected chi connectivity index (χ0v) is 21.0. The number of rotatable bonds is 8. The quantitative estimate of drug-likeness (QED) is 0.245. The molecule has 0 radical (unpaired) electrons. The lowest BCUT2D eigenvalue weighted by Crippen LogP contribution is -2.54. The van der Waals surface area contributed by atoms with Gasteiger partial charge >= 0.3 is 0 Å². The Morgan fingerprint density at radius 2 is 1.53 bits per heavy atom. The normalized spacial score (nSPS) is 14.9. The van der Waals surface area contributed by atoms with E-state index in [1.807, 2.05) is 48.5 Å². The molecular weight excluding hydrogens is 470 g/mol. The predicted molar refractivity (Wildman–Crippen MR) is 148 cm³/mol. The topological polar surface area (TPSA) is 61.9 Å². The minimum absolute atomic E-state index is 0.00391. The first-order chi connectivity index (χ1) is 17.5. The van der Waals surface area contributed by atoms with Gasteiger partial charge in [-0.25, -0.2) is 0 Å². The molecule has 0 aliphatic carbocycles. The van der Waals surface area contributed by atoms with Gasteiger partial charge < -0.3 is 9.64 Å². The number of carbonyl (C=O) groups excluding carboxylic acids is 2. The van der Waals surface area contributed by atoms with Crippen LogP contribution in [0.15, 0.2) is 96.6 Å². The number of amides is 2. The van der Waals surface area contributed by atoms with Crippen LogP contribution >= 0.6 is 12.2 Å². The number of thiocarbonyl (C=S) groups is 1. The molecule has 36 heavy (non-hydrogen) atoms. The lowest BCUT2D eigenvalue weighted by molar-refractivity contribution is -0.122. The first-order valence-electron chi connectivity index (χ1n) is 11.8. The molecule has 6 nitrogen and oxygen atoms in total. The Balaban J connectivity index is 1.49. The van der Waals surface area contributed by atoms with E-state index in [0.29, 0.717) is 17.2 Å². The molecule has 182 valence electrons. The lowest BCUT2D eigenvalue weighted by Gasteiger charge is -2.28. The van der Waals surface area contributed by atoms with Crippen LogP contribution in [0.3, 0.4) is 0 Å². The minimum atomic E-state index is -0.521. The van der Waals surface area contributed by atoms with Crippen molar-refractivity contribution in [3.05, 3.63) is 102 Å². The third kappa shape index (κ3) is 5.70. The Morgan fingerprint density at radius 1 is 0.889 bits per heavy atom. The van der Waals surface area contributed by atoms with Gasteiger partial charge in [0.15, 0.2) is 5.11 Å². The third-order valence-corrected chi connectivity index (χ3v) is 6.03. The Labute approximate surface area is 216 Å². The van der Waals surface area contributed by atoms with E-state index in [-0.39, 0.29) is 10.7 Å². The van der Waals surface area contributed by atoms with Crippen LogP contribution in [0.25, 0.3) is 6.08 Å². The van der Waals surface area contributed by atoms with E-state index in [9.17, 15) is 9.59 Å². The molecule has 1 N–H and O–H groups in total. The second-order valence-electron chi connectivity index (χ2n) is 8.01. The fourth-order valence-electron chi connectivity index (χ4n) is 3.84. The summed E-state index contributed by atoms with van der Waals surface area (Å²) in [6, 6.07) is 24.5. The molecule has 1 heterocycles. The van der Waals surface area contributed by atoms with Crippen LogP contribution in [-0.4, -0.2) is 30.0 Å².